The number of amides is 3. The van der Waals surface area contributed by atoms with Crippen molar-refractivity contribution < 1.29 is 23.8 Å². The fourth-order valence-electron chi connectivity index (χ4n) is 5.53. The molecule has 216 valence electrons. The molecule has 0 radical (unpaired) electrons. The van der Waals surface area contributed by atoms with Gasteiger partial charge in [-0.3, -0.25) is 19.9 Å². The minimum absolute atomic E-state index is 0.0143. The first-order valence-corrected chi connectivity index (χ1v) is 14.0. The van der Waals surface area contributed by atoms with E-state index in [-0.39, 0.29) is 31.6 Å². The number of nitrogens with zero attached hydrogens (tertiary/aromatic N) is 4. The van der Waals surface area contributed by atoms with E-state index in [9.17, 15) is 19.1 Å². The lowest BCUT2D eigenvalue weighted by Crippen LogP contribution is -2.50. The van der Waals surface area contributed by atoms with E-state index in [1.165, 1.54) is 16.5 Å². The minimum atomic E-state index is -0.450. The van der Waals surface area contributed by atoms with Crippen LogP contribution in [0.5, 0.6) is 5.75 Å². The molecule has 0 saturated carbocycles. The highest BCUT2D eigenvalue weighted by molar-refractivity contribution is 6.31. The largest absolute Gasteiger partial charge is 0.489 e. The van der Waals surface area contributed by atoms with Crippen LogP contribution in [-0.4, -0.2) is 44.6 Å². The summed E-state index contributed by atoms with van der Waals surface area (Å²) >= 11 is 6.10. The number of rotatable bonds is 8. The van der Waals surface area contributed by atoms with E-state index in [1.807, 2.05) is 41.9 Å². The highest BCUT2D eigenvalue weighted by Gasteiger charge is 2.29. The molecule has 4 aromatic rings. The molecule has 0 spiro atoms. The number of carbonyl (C=O) groups excluding carboxylic acids is 2. The van der Waals surface area contributed by atoms with Crippen LogP contribution in [0.15, 0.2) is 66.9 Å². The molecular weight excluding hydrogens is 561 g/mol. The maximum absolute atomic E-state index is 14.1. The van der Waals surface area contributed by atoms with Crippen LogP contribution in [0.1, 0.15) is 34.7 Å². The van der Waals surface area contributed by atoms with E-state index >= 15 is 0 Å². The van der Waals surface area contributed by atoms with Crippen LogP contribution in [0, 0.1) is 5.82 Å². The van der Waals surface area contributed by atoms with Gasteiger partial charge >= 0.3 is 6.03 Å². The number of fused-ring (bicyclic) bond motifs is 1. The Bertz CT molecular complexity index is 1640. The Kier molecular flexibility index (Phi) is 7.68. The van der Waals surface area contributed by atoms with Crippen molar-refractivity contribution in [2.45, 2.75) is 32.2 Å². The molecule has 0 bridgehead atoms. The van der Waals surface area contributed by atoms with E-state index < -0.39 is 11.8 Å². The number of carbonyl (C=O) groups is 2. The van der Waals surface area contributed by atoms with Gasteiger partial charge in [-0.05, 0) is 47.0 Å². The molecule has 0 aliphatic carbocycles. The number of hydrogen-bond acceptors (Lipinski definition) is 6. The van der Waals surface area contributed by atoms with Crippen LogP contribution in [0.4, 0.5) is 15.0 Å². The number of benzene rings is 3. The summed E-state index contributed by atoms with van der Waals surface area (Å²) < 4.78 is 21.7. The smallest absolute Gasteiger partial charge is 0.329 e. The average Bonchev–Trinajstić information content (AvgIpc) is 3.57. The number of aliphatic hydroxyl groups excluding tert-OH is 1. The van der Waals surface area contributed by atoms with Gasteiger partial charge in [0.1, 0.15) is 29.8 Å². The molecule has 3 aromatic carbocycles. The van der Waals surface area contributed by atoms with E-state index in [0.717, 1.165) is 16.7 Å². The lowest BCUT2D eigenvalue weighted by molar-refractivity contribution is -0.120. The molecule has 3 amide bonds. The number of aromatic nitrogens is 2. The number of hydrogen-bond donors (Lipinski definition) is 2. The SMILES string of the molecule is Cn1c(N2CCC(=O)NC2=O)cnc1-c1ccc2c(c1)CN([C@@H](CO)c1ccc(OCc3c(F)cccc3Cl)cc1)C2. The van der Waals surface area contributed by atoms with Crippen LogP contribution >= 0.6 is 11.6 Å². The molecule has 1 aromatic heterocycles. The minimum Gasteiger partial charge on any atom is -0.489 e. The molecule has 0 unspecified atom stereocenters. The van der Waals surface area contributed by atoms with Crippen molar-refractivity contribution in [3.8, 4) is 17.1 Å². The van der Waals surface area contributed by atoms with Gasteiger partial charge in [0.25, 0.3) is 0 Å². The first-order valence-electron chi connectivity index (χ1n) is 13.6. The molecule has 2 N–H and O–H groups in total. The standard InChI is InChI=1S/C31H29ClFN5O4/c1-36-29(38-12-11-28(40)35-31(38)41)14-34-30(36)20-5-6-21-15-37(16-22(21)13-20)27(17-39)19-7-9-23(10-8-19)42-18-24-25(32)3-2-4-26(24)33/h2-10,13-14,27,39H,11-12,15-18H2,1H3,(H,35,40,41)/t27-/m0/s1. The van der Waals surface area contributed by atoms with Gasteiger partial charge in [-0.1, -0.05) is 41.9 Å². The van der Waals surface area contributed by atoms with Gasteiger partial charge < -0.3 is 14.4 Å². The molecule has 1 saturated heterocycles. The Labute approximate surface area is 247 Å². The van der Waals surface area contributed by atoms with Crippen molar-refractivity contribution in [2.24, 2.45) is 7.05 Å². The fraction of sp³-hybridized carbons (Fsp3) is 0.258. The topological polar surface area (TPSA) is 99.9 Å². The number of imide groups is 1. The highest BCUT2D eigenvalue weighted by atomic mass is 35.5. The monoisotopic (exact) mass is 589 g/mol. The van der Waals surface area contributed by atoms with Crippen molar-refractivity contribution in [1.29, 1.82) is 0 Å². The number of ether oxygens (including phenoxy) is 1. The van der Waals surface area contributed by atoms with Crippen LogP contribution in [0.2, 0.25) is 5.02 Å². The zero-order chi connectivity index (χ0) is 29.4. The lowest BCUT2D eigenvalue weighted by atomic mass is 10.1. The van der Waals surface area contributed by atoms with Crippen LogP contribution in [0.25, 0.3) is 11.4 Å². The Balaban J connectivity index is 1.14. The summed E-state index contributed by atoms with van der Waals surface area (Å²) in [6.45, 7) is 1.58. The van der Waals surface area contributed by atoms with Gasteiger partial charge in [0.15, 0.2) is 0 Å². The number of aliphatic hydroxyl groups is 1. The third kappa shape index (κ3) is 5.36. The normalized spacial score (nSPS) is 16.0. The second-order valence-electron chi connectivity index (χ2n) is 10.4. The van der Waals surface area contributed by atoms with E-state index in [2.05, 4.69) is 27.3 Å². The first kappa shape index (κ1) is 27.9. The maximum Gasteiger partial charge on any atom is 0.329 e. The second-order valence-corrected chi connectivity index (χ2v) is 10.8. The molecule has 42 heavy (non-hydrogen) atoms. The molecule has 1 fully saturated rings. The molecular formula is C31H29ClFN5O4. The third-order valence-electron chi connectivity index (χ3n) is 7.83. The van der Waals surface area contributed by atoms with Crippen molar-refractivity contribution in [1.82, 2.24) is 19.8 Å². The quantitative estimate of drug-likeness (QED) is 0.302. The summed E-state index contributed by atoms with van der Waals surface area (Å²) in [7, 11) is 1.85. The predicted octanol–water partition coefficient (Wildman–Crippen LogP) is 4.95. The number of halogens is 2. The van der Waals surface area contributed by atoms with Gasteiger partial charge in [-0.15, -0.1) is 0 Å². The summed E-state index contributed by atoms with van der Waals surface area (Å²) in [5.74, 6) is 1.21. The summed E-state index contributed by atoms with van der Waals surface area (Å²) in [5.41, 5.74) is 4.46. The summed E-state index contributed by atoms with van der Waals surface area (Å²) in [5, 5.41) is 13.0. The summed E-state index contributed by atoms with van der Waals surface area (Å²) in [6.07, 6.45) is 1.88. The number of urea groups is 1. The van der Waals surface area contributed by atoms with Crippen LogP contribution < -0.4 is 15.0 Å². The third-order valence-corrected chi connectivity index (χ3v) is 8.18. The summed E-state index contributed by atoms with van der Waals surface area (Å²) in [6, 6.07) is 17.5. The van der Waals surface area contributed by atoms with E-state index in [4.69, 9.17) is 16.3 Å². The van der Waals surface area contributed by atoms with Crippen LogP contribution in [0.3, 0.4) is 0 Å². The Hall–Kier alpha value is -4.25. The molecule has 1 atom stereocenters. The van der Waals surface area contributed by atoms with Crippen molar-refractivity contribution in [2.75, 3.05) is 18.1 Å². The van der Waals surface area contributed by atoms with Gasteiger partial charge in [0.2, 0.25) is 5.91 Å². The zero-order valence-electron chi connectivity index (χ0n) is 22.9. The summed E-state index contributed by atoms with van der Waals surface area (Å²) in [4.78, 5) is 32.2. The average molecular weight is 590 g/mol. The van der Waals surface area contributed by atoms with Gasteiger partial charge in [-0.25, -0.2) is 14.2 Å². The van der Waals surface area contributed by atoms with Crippen LogP contribution in [-0.2, 0) is 31.5 Å². The Morgan fingerprint density at radius 3 is 2.62 bits per heavy atom. The fourth-order valence-corrected chi connectivity index (χ4v) is 5.74. The van der Waals surface area contributed by atoms with Crippen molar-refractivity contribution >= 4 is 29.4 Å². The molecule has 9 nitrogen and oxygen atoms in total. The highest BCUT2D eigenvalue weighted by Crippen LogP contribution is 2.35. The van der Waals surface area contributed by atoms with Gasteiger partial charge in [0, 0.05) is 44.2 Å². The number of nitrogens with one attached hydrogen (secondary N) is 1. The maximum atomic E-state index is 14.1. The second kappa shape index (κ2) is 11.6. The Morgan fingerprint density at radius 2 is 1.88 bits per heavy atom. The number of imidazole rings is 1. The Morgan fingerprint density at radius 1 is 1.10 bits per heavy atom. The van der Waals surface area contributed by atoms with Gasteiger partial charge in [-0.2, -0.15) is 0 Å². The van der Waals surface area contributed by atoms with Gasteiger partial charge in [0.05, 0.1) is 23.9 Å². The molecule has 2 aliphatic rings. The van der Waals surface area contributed by atoms with Crippen molar-refractivity contribution in [3.63, 3.8) is 0 Å². The molecule has 3 heterocycles. The molecule has 11 heteroatoms. The predicted molar refractivity (Wildman–Crippen MR) is 155 cm³/mol. The first-order chi connectivity index (χ1) is 20.3. The molecule has 2 aliphatic heterocycles. The van der Waals surface area contributed by atoms with E-state index in [1.54, 1.807) is 18.3 Å². The van der Waals surface area contributed by atoms with Crippen molar-refractivity contribution in [3.05, 3.63) is 100.0 Å². The van der Waals surface area contributed by atoms with E-state index in [0.29, 0.717) is 47.6 Å². The zero-order valence-corrected chi connectivity index (χ0v) is 23.6. The molecule has 6 rings (SSSR count). The number of anilines is 1. The lowest BCUT2D eigenvalue weighted by Gasteiger charge is -2.26.